The van der Waals surface area contributed by atoms with Crippen LogP contribution < -0.4 is 10.6 Å². The lowest BCUT2D eigenvalue weighted by Crippen LogP contribution is -2.28. The number of nitrogens with two attached hydrogens (primary N) is 1. The molecular weight excluding hydrogens is 248 g/mol. The fourth-order valence-corrected chi connectivity index (χ4v) is 2.76. The number of thioether (sulfide) groups is 1. The van der Waals surface area contributed by atoms with E-state index in [-0.39, 0.29) is 12.3 Å². The number of hydrogen-bond donors (Lipinski definition) is 1. The monoisotopic (exact) mass is 258 g/mol. The molecule has 6 nitrogen and oxygen atoms in total. The van der Waals surface area contributed by atoms with E-state index in [0.717, 1.165) is 4.34 Å². The van der Waals surface area contributed by atoms with E-state index in [2.05, 4.69) is 10.2 Å². The molecule has 1 aromatic heterocycles. The summed E-state index contributed by atoms with van der Waals surface area (Å²) in [6.45, 7) is 0.317. The molecule has 0 saturated carbocycles. The van der Waals surface area contributed by atoms with Gasteiger partial charge in [-0.05, 0) is 6.26 Å². The fourth-order valence-electron chi connectivity index (χ4n) is 1.48. The first kappa shape index (κ1) is 11.3. The van der Waals surface area contributed by atoms with E-state index in [1.807, 2.05) is 6.26 Å². The molecule has 2 amide bonds. The van der Waals surface area contributed by atoms with Gasteiger partial charge in [-0.1, -0.05) is 23.1 Å². The van der Waals surface area contributed by atoms with Crippen LogP contribution >= 0.6 is 23.1 Å². The molecule has 0 bridgehead atoms. The van der Waals surface area contributed by atoms with E-state index in [4.69, 9.17) is 5.73 Å². The average molecular weight is 258 g/mol. The second kappa shape index (κ2) is 4.38. The maximum Gasteiger partial charge on any atom is 0.229 e. The van der Waals surface area contributed by atoms with Crippen molar-refractivity contribution >= 4 is 40.0 Å². The number of hydrogen-bond acceptors (Lipinski definition) is 6. The maximum atomic E-state index is 11.6. The van der Waals surface area contributed by atoms with Gasteiger partial charge in [-0.3, -0.25) is 14.5 Å². The van der Waals surface area contributed by atoms with Gasteiger partial charge < -0.3 is 5.73 Å². The van der Waals surface area contributed by atoms with Gasteiger partial charge in [-0.2, -0.15) is 0 Å². The molecule has 0 radical (unpaired) electrons. The SMILES string of the molecule is CSc1nnc(N2CC(C(N)=O)CC2=O)s1. The lowest BCUT2D eigenvalue weighted by molar-refractivity contribution is -0.123. The van der Waals surface area contributed by atoms with Gasteiger partial charge in [0.15, 0.2) is 4.34 Å². The molecule has 1 unspecified atom stereocenters. The van der Waals surface area contributed by atoms with Crippen molar-refractivity contribution in [1.82, 2.24) is 10.2 Å². The Balaban J connectivity index is 2.16. The molecule has 0 aromatic carbocycles. The molecule has 1 atom stereocenters. The van der Waals surface area contributed by atoms with Crippen molar-refractivity contribution < 1.29 is 9.59 Å². The second-order valence-corrected chi connectivity index (χ2v) is 5.37. The normalized spacial score (nSPS) is 20.4. The number of carbonyl (C=O) groups excluding carboxylic acids is 2. The third-order valence-electron chi connectivity index (χ3n) is 2.33. The number of nitrogens with zero attached hydrogens (tertiary/aromatic N) is 3. The highest BCUT2D eigenvalue weighted by Gasteiger charge is 2.35. The van der Waals surface area contributed by atoms with Gasteiger partial charge in [0.1, 0.15) is 0 Å². The van der Waals surface area contributed by atoms with Crippen molar-refractivity contribution in [3.63, 3.8) is 0 Å². The van der Waals surface area contributed by atoms with Crippen molar-refractivity contribution in [2.24, 2.45) is 11.7 Å². The van der Waals surface area contributed by atoms with Crippen LogP contribution in [-0.4, -0.2) is 34.8 Å². The van der Waals surface area contributed by atoms with Crippen LogP contribution in [0.25, 0.3) is 0 Å². The Labute approximate surface area is 100 Å². The molecule has 0 spiro atoms. The number of rotatable bonds is 3. The Morgan fingerprint density at radius 2 is 2.38 bits per heavy atom. The average Bonchev–Trinajstić information content (AvgIpc) is 2.83. The van der Waals surface area contributed by atoms with Gasteiger partial charge in [0, 0.05) is 13.0 Å². The first-order valence-electron chi connectivity index (χ1n) is 4.59. The molecule has 2 heterocycles. The zero-order valence-electron chi connectivity index (χ0n) is 8.54. The van der Waals surface area contributed by atoms with E-state index < -0.39 is 11.8 Å². The summed E-state index contributed by atoms with van der Waals surface area (Å²) in [6.07, 6.45) is 2.06. The summed E-state index contributed by atoms with van der Waals surface area (Å²) in [4.78, 5) is 24.1. The molecule has 2 N–H and O–H groups in total. The van der Waals surface area contributed by atoms with Crippen LogP contribution in [0.5, 0.6) is 0 Å². The molecule has 0 aliphatic carbocycles. The highest BCUT2D eigenvalue weighted by Crippen LogP contribution is 2.30. The topological polar surface area (TPSA) is 89.2 Å². The molecule has 16 heavy (non-hydrogen) atoms. The minimum Gasteiger partial charge on any atom is -0.369 e. The third-order valence-corrected chi connectivity index (χ3v) is 4.25. The second-order valence-electron chi connectivity index (χ2n) is 3.36. The zero-order valence-corrected chi connectivity index (χ0v) is 10.2. The van der Waals surface area contributed by atoms with Crippen molar-refractivity contribution in [2.75, 3.05) is 17.7 Å². The predicted octanol–water partition coefficient (Wildman–Crippen LogP) is 0.0982. The molecule has 2 rings (SSSR count). The van der Waals surface area contributed by atoms with Gasteiger partial charge in [0.25, 0.3) is 0 Å². The van der Waals surface area contributed by atoms with Crippen LogP contribution in [0.3, 0.4) is 0 Å². The summed E-state index contributed by atoms with van der Waals surface area (Å²) in [6, 6.07) is 0. The Morgan fingerprint density at radius 3 is 2.88 bits per heavy atom. The van der Waals surface area contributed by atoms with Crippen molar-refractivity contribution in [3.05, 3.63) is 0 Å². The maximum absolute atomic E-state index is 11.6. The number of aromatic nitrogens is 2. The molecule has 1 aliphatic rings. The molecule has 1 saturated heterocycles. The van der Waals surface area contributed by atoms with Crippen LogP contribution in [-0.2, 0) is 9.59 Å². The Hall–Kier alpha value is -1.15. The number of primary amides is 1. The van der Waals surface area contributed by atoms with Crippen LogP contribution in [0.1, 0.15) is 6.42 Å². The van der Waals surface area contributed by atoms with E-state index in [1.54, 1.807) is 0 Å². The third kappa shape index (κ3) is 2.03. The summed E-state index contributed by atoms with van der Waals surface area (Å²) in [7, 11) is 0. The summed E-state index contributed by atoms with van der Waals surface area (Å²) in [5, 5.41) is 8.36. The standard InChI is InChI=1S/C8H10N4O2S2/c1-15-8-11-10-7(16-8)12-3-4(6(9)14)2-5(12)13/h4H,2-3H2,1H3,(H2,9,14). The molecule has 86 valence electrons. The number of amides is 2. The minimum atomic E-state index is -0.439. The molecular formula is C8H10N4O2S2. The fraction of sp³-hybridized carbons (Fsp3) is 0.500. The Kier molecular flexibility index (Phi) is 3.10. The Morgan fingerprint density at radius 1 is 1.62 bits per heavy atom. The number of anilines is 1. The largest absolute Gasteiger partial charge is 0.369 e. The molecule has 1 aromatic rings. The molecule has 1 aliphatic heterocycles. The highest BCUT2D eigenvalue weighted by molar-refractivity contribution is 8.00. The number of carbonyl (C=O) groups is 2. The van der Waals surface area contributed by atoms with Crippen LogP contribution in [0, 0.1) is 5.92 Å². The van der Waals surface area contributed by atoms with Gasteiger partial charge in [0.05, 0.1) is 5.92 Å². The summed E-state index contributed by atoms with van der Waals surface area (Å²) in [5.74, 6) is -0.966. The van der Waals surface area contributed by atoms with Crippen molar-refractivity contribution in [1.29, 1.82) is 0 Å². The predicted molar refractivity (Wildman–Crippen MR) is 61.3 cm³/mol. The van der Waals surface area contributed by atoms with E-state index in [9.17, 15) is 9.59 Å². The molecule has 8 heteroatoms. The minimum absolute atomic E-state index is 0.118. The van der Waals surface area contributed by atoms with Gasteiger partial charge in [-0.25, -0.2) is 0 Å². The lowest BCUT2D eigenvalue weighted by Gasteiger charge is -2.10. The smallest absolute Gasteiger partial charge is 0.229 e. The van der Waals surface area contributed by atoms with E-state index >= 15 is 0 Å². The van der Waals surface area contributed by atoms with Crippen molar-refractivity contribution in [3.8, 4) is 0 Å². The van der Waals surface area contributed by atoms with E-state index in [0.29, 0.717) is 11.7 Å². The van der Waals surface area contributed by atoms with Crippen LogP contribution in [0.4, 0.5) is 5.13 Å². The van der Waals surface area contributed by atoms with Crippen molar-refractivity contribution in [2.45, 2.75) is 10.8 Å². The van der Waals surface area contributed by atoms with Gasteiger partial charge >= 0.3 is 0 Å². The first-order chi connectivity index (χ1) is 7.61. The highest BCUT2D eigenvalue weighted by atomic mass is 32.2. The summed E-state index contributed by atoms with van der Waals surface area (Å²) >= 11 is 2.81. The lowest BCUT2D eigenvalue weighted by atomic mass is 10.1. The Bertz CT molecular complexity index is 433. The van der Waals surface area contributed by atoms with Crippen LogP contribution in [0.15, 0.2) is 4.34 Å². The summed E-state index contributed by atoms with van der Waals surface area (Å²) < 4.78 is 0.797. The first-order valence-corrected chi connectivity index (χ1v) is 6.63. The van der Waals surface area contributed by atoms with Gasteiger partial charge in [0.2, 0.25) is 16.9 Å². The molecule has 1 fully saturated rings. The van der Waals surface area contributed by atoms with E-state index in [1.165, 1.54) is 28.0 Å². The summed E-state index contributed by atoms with van der Waals surface area (Å²) in [5.41, 5.74) is 5.18. The van der Waals surface area contributed by atoms with Crippen LogP contribution in [0.2, 0.25) is 0 Å². The zero-order chi connectivity index (χ0) is 11.7. The quantitative estimate of drug-likeness (QED) is 0.613. The van der Waals surface area contributed by atoms with Gasteiger partial charge in [-0.15, -0.1) is 10.2 Å².